The summed E-state index contributed by atoms with van der Waals surface area (Å²) in [4.78, 5) is 42.9. The van der Waals surface area contributed by atoms with E-state index in [2.05, 4.69) is 0 Å². The minimum absolute atomic E-state index is 0.0267. The number of benzene rings is 2. The summed E-state index contributed by atoms with van der Waals surface area (Å²) in [7, 11) is 1.55. The van der Waals surface area contributed by atoms with Crippen molar-refractivity contribution in [1.82, 2.24) is 9.80 Å². The summed E-state index contributed by atoms with van der Waals surface area (Å²) < 4.78 is 5.12. The maximum Gasteiger partial charge on any atom is 0.248 e. The van der Waals surface area contributed by atoms with E-state index in [4.69, 9.17) is 16.3 Å². The largest absolute Gasteiger partial charge is 0.383 e. The molecule has 0 radical (unpaired) electrons. The number of carbonyl (C=O) groups is 3. The number of nitrogens with zero attached hydrogens (tertiary/aromatic N) is 3. The summed E-state index contributed by atoms with van der Waals surface area (Å²) in [5.74, 6) is -0.570. The molecule has 0 saturated carbocycles. The minimum Gasteiger partial charge on any atom is -0.383 e. The third-order valence-electron chi connectivity index (χ3n) is 5.54. The van der Waals surface area contributed by atoms with Crippen molar-refractivity contribution in [2.75, 3.05) is 44.9 Å². The molecule has 1 saturated heterocycles. The molecule has 32 heavy (non-hydrogen) atoms. The van der Waals surface area contributed by atoms with Crippen molar-refractivity contribution >= 4 is 35.0 Å². The number of halogens is 1. The van der Waals surface area contributed by atoms with Crippen molar-refractivity contribution in [3.8, 4) is 0 Å². The molecule has 1 aliphatic heterocycles. The van der Waals surface area contributed by atoms with Crippen LogP contribution in [0.3, 0.4) is 0 Å². The van der Waals surface area contributed by atoms with E-state index in [-0.39, 0.29) is 37.5 Å². The molecule has 0 atom stereocenters. The van der Waals surface area contributed by atoms with Crippen molar-refractivity contribution in [2.24, 2.45) is 0 Å². The molecule has 3 rings (SSSR count). The van der Waals surface area contributed by atoms with Crippen LogP contribution in [0, 0.1) is 6.92 Å². The smallest absolute Gasteiger partial charge is 0.248 e. The lowest BCUT2D eigenvalue weighted by atomic mass is 10.1. The van der Waals surface area contributed by atoms with Gasteiger partial charge in [0.05, 0.1) is 13.2 Å². The van der Waals surface area contributed by atoms with Gasteiger partial charge >= 0.3 is 0 Å². The topological polar surface area (TPSA) is 70.2 Å². The normalized spacial score (nSPS) is 13.5. The fourth-order valence-corrected chi connectivity index (χ4v) is 3.79. The third kappa shape index (κ3) is 5.87. The summed E-state index contributed by atoms with van der Waals surface area (Å²) in [5.41, 5.74) is 2.54. The van der Waals surface area contributed by atoms with Gasteiger partial charge in [-0.15, -0.1) is 0 Å². The van der Waals surface area contributed by atoms with Crippen LogP contribution in [0.25, 0.3) is 0 Å². The monoisotopic (exact) mass is 457 g/mol. The van der Waals surface area contributed by atoms with Crippen molar-refractivity contribution in [3.05, 3.63) is 64.7 Å². The Kier molecular flexibility index (Phi) is 8.25. The van der Waals surface area contributed by atoms with Gasteiger partial charge in [0.15, 0.2) is 0 Å². The van der Waals surface area contributed by atoms with E-state index in [0.29, 0.717) is 36.7 Å². The number of ether oxygens (including phenoxy) is 1. The van der Waals surface area contributed by atoms with Gasteiger partial charge in [-0.05, 0) is 36.6 Å². The van der Waals surface area contributed by atoms with Gasteiger partial charge in [-0.3, -0.25) is 19.3 Å². The summed E-state index contributed by atoms with van der Waals surface area (Å²) in [6.45, 7) is 2.50. The standard InChI is InChI=1S/C24H28ClN3O4/c1-18-20(25)9-6-10-21(18)28-17-27(16-24(28)31)23(30)15-26(13-14-32-2)22(29)12-11-19-7-4-3-5-8-19/h3-10H,11-17H2,1-2H3. The van der Waals surface area contributed by atoms with Crippen LogP contribution < -0.4 is 4.90 Å². The van der Waals surface area contributed by atoms with E-state index in [1.54, 1.807) is 24.1 Å². The van der Waals surface area contributed by atoms with Crippen LogP contribution in [0.4, 0.5) is 5.69 Å². The first-order valence-electron chi connectivity index (χ1n) is 10.5. The summed E-state index contributed by atoms with van der Waals surface area (Å²) in [5, 5.41) is 0.565. The molecule has 1 heterocycles. The van der Waals surface area contributed by atoms with Crippen LogP contribution in [-0.2, 0) is 25.5 Å². The highest BCUT2D eigenvalue weighted by Crippen LogP contribution is 2.28. The average Bonchev–Trinajstić information content (AvgIpc) is 3.19. The van der Waals surface area contributed by atoms with Crippen molar-refractivity contribution < 1.29 is 19.1 Å². The van der Waals surface area contributed by atoms with Crippen LogP contribution in [0.2, 0.25) is 5.02 Å². The number of hydrogen-bond donors (Lipinski definition) is 0. The predicted molar refractivity (Wildman–Crippen MR) is 123 cm³/mol. The Labute approximate surface area is 193 Å². The third-order valence-corrected chi connectivity index (χ3v) is 5.95. The Hall–Kier alpha value is -2.90. The molecule has 170 valence electrons. The molecule has 0 bridgehead atoms. The van der Waals surface area contributed by atoms with Crippen LogP contribution in [-0.4, -0.2) is 67.5 Å². The van der Waals surface area contributed by atoms with Crippen molar-refractivity contribution in [2.45, 2.75) is 19.8 Å². The van der Waals surface area contributed by atoms with Gasteiger partial charge in [0.1, 0.15) is 13.2 Å². The van der Waals surface area contributed by atoms with Gasteiger partial charge in [0, 0.05) is 30.8 Å². The number of carbonyl (C=O) groups excluding carboxylic acids is 3. The Morgan fingerprint density at radius 1 is 1.12 bits per heavy atom. The lowest BCUT2D eigenvalue weighted by Gasteiger charge is -2.25. The van der Waals surface area contributed by atoms with Crippen LogP contribution >= 0.6 is 11.6 Å². The molecule has 7 nitrogen and oxygen atoms in total. The molecule has 0 unspecified atom stereocenters. The lowest BCUT2D eigenvalue weighted by Crippen LogP contribution is -2.44. The minimum atomic E-state index is -0.273. The molecular formula is C24H28ClN3O4. The molecule has 1 fully saturated rings. The highest BCUT2D eigenvalue weighted by atomic mass is 35.5. The molecule has 3 amide bonds. The molecular weight excluding hydrogens is 430 g/mol. The van der Waals surface area contributed by atoms with Crippen molar-refractivity contribution in [1.29, 1.82) is 0 Å². The Balaban J connectivity index is 1.63. The summed E-state index contributed by atoms with van der Waals surface area (Å²) in [6.07, 6.45) is 0.898. The molecule has 1 aliphatic rings. The van der Waals surface area contributed by atoms with Gasteiger partial charge in [0.2, 0.25) is 17.7 Å². The fourth-order valence-electron chi connectivity index (χ4n) is 3.63. The number of aryl methyl sites for hydroxylation is 1. The fraction of sp³-hybridized carbons (Fsp3) is 0.375. The van der Waals surface area contributed by atoms with Gasteiger partial charge in [-0.1, -0.05) is 48.0 Å². The summed E-state index contributed by atoms with van der Waals surface area (Å²) in [6, 6.07) is 15.1. The second kappa shape index (κ2) is 11.1. The number of rotatable bonds is 9. The first kappa shape index (κ1) is 23.8. The number of hydrogen-bond acceptors (Lipinski definition) is 4. The first-order valence-corrected chi connectivity index (χ1v) is 10.9. The lowest BCUT2D eigenvalue weighted by molar-refractivity contribution is -0.140. The molecule has 2 aromatic rings. The molecule has 0 aliphatic carbocycles. The predicted octanol–water partition coefficient (Wildman–Crippen LogP) is 2.89. The van der Waals surface area contributed by atoms with E-state index in [1.165, 1.54) is 9.80 Å². The maximum absolute atomic E-state index is 13.0. The van der Waals surface area contributed by atoms with E-state index in [0.717, 1.165) is 11.1 Å². The van der Waals surface area contributed by atoms with E-state index >= 15 is 0 Å². The Morgan fingerprint density at radius 2 is 1.88 bits per heavy atom. The SMILES string of the molecule is COCCN(CC(=O)N1CC(=O)N(c2cccc(Cl)c2C)C1)C(=O)CCc1ccccc1. The highest BCUT2D eigenvalue weighted by molar-refractivity contribution is 6.31. The first-order chi connectivity index (χ1) is 15.4. The molecule has 0 N–H and O–H groups in total. The maximum atomic E-state index is 13.0. The highest BCUT2D eigenvalue weighted by Gasteiger charge is 2.33. The number of amides is 3. The van der Waals surface area contributed by atoms with Gasteiger partial charge < -0.3 is 14.5 Å². The molecule has 0 spiro atoms. The van der Waals surface area contributed by atoms with Crippen LogP contribution in [0.5, 0.6) is 0 Å². The van der Waals surface area contributed by atoms with Gasteiger partial charge in [-0.25, -0.2) is 0 Å². The van der Waals surface area contributed by atoms with Gasteiger partial charge in [0.25, 0.3) is 0 Å². The summed E-state index contributed by atoms with van der Waals surface area (Å²) >= 11 is 6.19. The van der Waals surface area contributed by atoms with Crippen LogP contribution in [0.15, 0.2) is 48.5 Å². The van der Waals surface area contributed by atoms with Crippen LogP contribution in [0.1, 0.15) is 17.5 Å². The zero-order valence-corrected chi connectivity index (χ0v) is 19.2. The second-order valence-corrected chi connectivity index (χ2v) is 8.14. The number of anilines is 1. The van der Waals surface area contributed by atoms with E-state index in [9.17, 15) is 14.4 Å². The zero-order valence-electron chi connectivity index (χ0n) is 18.4. The Morgan fingerprint density at radius 3 is 2.59 bits per heavy atom. The van der Waals surface area contributed by atoms with E-state index < -0.39 is 0 Å². The average molecular weight is 458 g/mol. The number of methoxy groups -OCH3 is 1. The Bertz CT molecular complexity index is 967. The molecule has 0 aromatic heterocycles. The molecule has 8 heteroatoms. The van der Waals surface area contributed by atoms with Crippen molar-refractivity contribution in [3.63, 3.8) is 0 Å². The molecule has 2 aromatic carbocycles. The van der Waals surface area contributed by atoms with Gasteiger partial charge in [-0.2, -0.15) is 0 Å². The zero-order chi connectivity index (χ0) is 23.1. The quantitative estimate of drug-likeness (QED) is 0.580. The second-order valence-electron chi connectivity index (χ2n) is 7.73. The van der Waals surface area contributed by atoms with E-state index in [1.807, 2.05) is 43.3 Å².